The van der Waals surface area contributed by atoms with Gasteiger partial charge in [0.25, 0.3) is 5.91 Å². The van der Waals surface area contributed by atoms with Gasteiger partial charge in [-0.2, -0.15) is 0 Å². The van der Waals surface area contributed by atoms with Gasteiger partial charge in [-0.05, 0) is 38.3 Å². The Labute approximate surface area is 155 Å². The molecule has 6 heteroatoms. The third kappa shape index (κ3) is 4.55. The number of nitrogens with zero attached hydrogens (tertiary/aromatic N) is 3. The molecule has 26 heavy (non-hydrogen) atoms. The van der Waals surface area contributed by atoms with Crippen LogP contribution < -0.4 is 4.74 Å². The summed E-state index contributed by atoms with van der Waals surface area (Å²) in [5.74, 6) is 0.880. The summed E-state index contributed by atoms with van der Waals surface area (Å²) in [4.78, 5) is 31.2. The summed E-state index contributed by atoms with van der Waals surface area (Å²) in [6.07, 6.45) is 3.47. The summed E-state index contributed by atoms with van der Waals surface area (Å²) in [6.45, 7) is 7.48. The number of benzene rings is 1. The smallest absolute Gasteiger partial charge is 0.257 e. The minimum absolute atomic E-state index is 0.0102. The lowest BCUT2D eigenvalue weighted by Crippen LogP contribution is -2.52. The van der Waals surface area contributed by atoms with Gasteiger partial charge in [0.15, 0.2) is 0 Å². The third-order valence-electron chi connectivity index (χ3n) is 5.14. The molecule has 2 aliphatic heterocycles. The van der Waals surface area contributed by atoms with Gasteiger partial charge in [0.05, 0.1) is 18.7 Å². The van der Waals surface area contributed by atoms with E-state index >= 15 is 0 Å². The number of hydrogen-bond donors (Lipinski definition) is 0. The fraction of sp³-hybridized carbons (Fsp3) is 0.600. The number of rotatable bonds is 5. The van der Waals surface area contributed by atoms with Crippen LogP contribution in [0.3, 0.4) is 0 Å². The highest BCUT2D eigenvalue weighted by Gasteiger charge is 2.26. The van der Waals surface area contributed by atoms with Crippen LogP contribution in [0.15, 0.2) is 24.3 Å². The summed E-state index contributed by atoms with van der Waals surface area (Å²) in [5.41, 5.74) is 0.618. The van der Waals surface area contributed by atoms with E-state index in [1.165, 1.54) is 6.42 Å². The molecule has 2 amide bonds. The Morgan fingerprint density at radius 3 is 2.31 bits per heavy atom. The van der Waals surface area contributed by atoms with Gasteiger partial charge in [0.2, 0.25) is 5.91 Å². The maximum atomic E-state index is 12.8. The molecule has 0 aromatic heterocycles. The predicted molar refractivity (Wildman–Crippen MR) is 100 cm³/mol. The fourth-order valence-corrected chi connectivity index (χ4v) is 3.64. The van der Waals surface area contributed by atoms with Crippen molar-refractivity contribution in [3.05, 3.63) is 29.8 Å². The molecule has 0 bridgehead atoms. The van der Waals surface area contributed by atoms with Gasteiger partial charge in [0.1, 0.15) is 5.75 Å². The molecule has 1 aromatic rings. The highest BCUT2D eigenvalue weighted by atomic mass is 16.5. The maximum absolute atomic E-state index is 12.8. The quantitative estimate of drug-likeness (QED) is 0.805. The van der Waals surface area contributed by atoms with E-state index in [1.54, 1.807) is 0 Å². The van der Waals surface area contributed by atoms with Crippen molar-refractivity contribution >= 4 is 11.8 Å². The molecular formula is C20H29N3O3. The number of para-hydroxylation sites is 1. The molecule has 0 spiro atoms. The van der Waals surface area contributed by atoms with Crippen molar-refractivity contribution in [2.45, 2.75) is 26.2 Å². The van der Waals surface area contributed by atoms with Crippen molar-refractivity contribution in [2.75, 3.05) is 52.4 Å². The molecule has 2 aliphatic rings. The summed E-state index contributed by atoms with van der Waals surface area (Å²) in [7, 11) is 0. The molecule has 142 valence electrons. The van der Waals surface area contributed by atoms with Crippen molar-refractivity contribution in [1.82, 2.24) is 14.7 Å². The van der Waals surface area contributed by atoms with Gasteiger partial charge in [-0.15, -0.1) is 0 Å². The molecule has 2 heterocycles. The number of amides is 2. The molecule has 6 nitrogen and oxygen atoms in total. The summed E-state index contributed by atoms with van der Waals surface area (Å²) in [6, 6.07) is 7.40. The number of likely N-dealkylation sites (tertiary alicyclic amines) is 1. The second-order valence-corrected chi connectivity index (χ2v) is 6.94. The topological polar surface area (TPSA) is 53.1 Å². The Morgan fingerprint density at radius 2 is 1.62 bits per heavy atom. The Hall–Kier alpha value is -2.08. The van der Waals surface area contributed by atoms with Gasteiger partial charge in [-0.3, -0.25) is 14.5 Å². The molecular weight excluding hydrogens is 330 g/mol. The van der Waals surface area contributed by atoms with Crippen LogP contribution in [0.2, 0.25) is 0 Å². The van der Waals surface area contributed by atoms with Crippen molar-refractivity contribution < 1.29 is 14.3 Å². The Balaban J connectivity index is 1.52. The highest BCUT2D eigenvalue weighted by molar-refractivity contribution is 5.97. The zero-order valence-corrected chi connectivity index (χ0v) is 15.7. The minimum atomic E-state index is 0.0102. The number of piperidine rings is 1. The van der Waals surface area contributed by atoms with E-state index < -0.39 is 0 Å². The van der Waals surface area contributed by atoms with E-state index in [0.717, 1.165) is 39.0 Å². The van der Waals surface area contributed by atoms with Crippen LogP contribution in [0.25, 0.3) is 0 Å². The minimum Gasteiger partial charge on any atom is -0.493 e. The Bertz CT molecular complexity index is 620. The largest absolute Gasteiger partial charge is 0.493 e. The van der Waals surface area contributed by atoms with Crippen molar-refractivity contribution in [1.29, 1.82) is 0 Å². The van der Waals surface area contributed by atoms with Gasteiger partial charge in [0, 0.05) is 39.3 Å². The third-order valence-corrected chi connectivity index (χ3v) is 5.14. The average Bonchev–Trinajstić information content (AvgIpc) is 2.69. The first-order valence-electron chi connectivity index (χ1n) is 9.70. The molecule has 0 radical (unpaired) electrons. The predicted octanol–water partition coefficient (Wildman–Crippen LogP) is 1.86. The first-order chi connectivity index (χ1) is 12.7. The first-order valence-corrected chi connectivity index (χ1v) is 9.70. The van der Waals surface area contributed by atoms with E-state index in [4.69, 9.17) is 4.74 Å². The van der Waals surface area contributed by atoms with Crippen LogP contribution in [0.4, 0.5) is 0 Å². The number of hydrogen-bond acceptors (Lipinski definition) is 4. The van der Waals surface area contributed by atoms with Crippen molar-refractivity contribution in [2.24, 2.45) is 0 Å². The van der Waals surface area contributed by atoms with Crippen LogP contribution >= 0.6 is 0 Å². The number of carbonyl (C=O) groups excluding carboxylic acids is 2. The van der Waals surface area contributed by atoms with Crippen LogP contribution in [0, 0.1) is 0 Å². The SMILES string of the molecule is CCOc1ccccc1C(=O)N1CCN(CC(=O)N2CCCCC2)CC1. The van der Waals surface area contributed by atoms with E-state index in [9.17, 15) is 9.59 Å². The van der Waals surface area contributed by atoms with Crippen molar-refractivity contribution in [3.63, 3.8) is 0 Å². The normalized spacial score (nSPS) is 18.7. The fourth-order valence-electron chi connectivity index (χ4n) is 3.64. The standard InChI is InChI=1S/C20H29N3O3/c1-2-26-18-9-5-4-8-17(18)20(25)23-14-12-21(13-15-23)16-19(24)22-10-6-3-7-11-22/h4-5,8-9H,2-3,6-7,10-16H2,1H3. The molecule has 0 N–H and O–H groups in total. The zero-order chi connectivity index (χ0) is 18.4. The van der Waals surface area contributed by atoms with Crippen molar-refractivity contribution in [3.8, 4) is 5.75 Å². The lowest BCUT2D eigenvalue weighted by molar-refractivity contribution is -0.133. The molecule has 0 unspecified atom stereocenters. The molecule has 0 saturated carbocycles. The molecule has 2 fully saturated rings. The Morgan fingerprint density at radius 1 is 0.923 bits per heavy atom. The van der Waals surface area contributed by atoms with Crippen LogP contribution in [0.5, 0.6) is 5.75 Å². The van der Waals surface area contributed by atoms with E-state index in [0.29, 0.717) is 37.6 Å². The van der Waals surface area contributed by atoms with Gasteiger partial charge < -0.3 is 14.5 Å². The average molecular weight is 359 g/mol. The monoisotopic (exact) mass is 359 g/mol. The summed E-state index contributed by atoms with van der Waals surface area (Å²) in [5, 5.41) is 0. The summed E-state index contributed by atoms with van der Waals surface area (Å²) < 4.78 is 5.58. The van der Waals surface area contributed by atoms with Crippen LogP contribution in [0.1, 0.15) is 36.5 Å². The highest BCUT2D eigenvalue weighted by Crippen LogP contribution is 2.20. The number of carbonyl (C=O) groups is 2. The zero-order valence-electron chi connectivity index (χ0n) is 15.7. The summed E-state index contributed by atoms with van der Waals surface area (Å²) >= 11 is 0. The molecule has 3 rings (SSSR count). The molecule has 0 aliphatic carbocycles. The van der Waals surface area contributed by atoms with Gasteiger partial charge in [-0.25, -0.2) is 0 Å². The molecule has 1 aromatic carbocycles. The van der Waals surface area contributed by atoms with Gasteiger partial charge in [-0.1, -0.05) is 12.1 Å². The number of piperazine rings is 1. The second kappa shape index (κ2) is 9.03. The lowest BCUT2D eigenvalue weighted by Gasteiger charge is -2.36. The molecule has 0 atom stereocenters. The van der Waals surface area contributed by atoms with E-state index in [-0.39, 0.29) is 11.8 Å². The van der Waals surface area contributed by atoms with Gasteiger partial charge >= 0.3 is 0 Å². The van der Waals surface area contributed by atoms with E-state index in [1.807, 2.05) is 41.0 Å². The van der Waals surface area contributed by atoms with Crippen LogP contribution in [-0.2, 0) is 4.79 Å². The number of ether oxygens (including phenoxy) is 1. The maximum Gasteiger partial charge on any atom is 0.257 e. The van der Waals surface area contributed by atoms with Crippen LogP contribution in [-0.4, -0.2) is 78.9 Å². The van der Waals surface area contributed by atoms with E-state index in [2.05, 4.69) is 4.90 Å². The first kappa shape index (κ1) is 18.7. The lowest BCUT2D eigenvalue weighted by atomic mass is 10.1. The second-order valence-electron chi connectivity index (χ2n) is 6.94. The Kier molecular flexibility index (Phi) is 6.50. The molecule has 2 saturated heterocycles.